The van der Waals surface area contributed by atoms with E-state index in [1.54, 1.807) is 0 Å². The van der Waals surface area contributed by atoms with Gasteiger partial charge in [0.05, 0.1) is 11.0 Å². The van der Waals surface area contributed by atoms with Crippen molar-refractivity contribution in [2.75, 3.05) is 0 Å². The predicted molar refractivity (Wildman–Crippen MR) is 81.7 cm³/mol. The maximum absolute atomic E-state index is 4.62. The third-order valence-electron chi connectivity index (χ3n) is 2.89. The molecule has 0 aliphatic rings. The van der Waals surface area contributed by atoms with Gasteiger partial charge in [-0.25, -0.2) is 4.98 Å². The number of aromatic nitrogens is 2. The van der Waals surface area contributed by atoms with Crippen LogP contribution in [0.5, 0.6) is 0 Å². The lowest BCUT2D eigenvalue weighted by atomic mass is 10.1. The van der Waals surface area contributed by atoms with Gasteiger partial charge >= 0.3 is 0 Å². The van der Waals surface area contributed by atoms with Gasteiger partial charge in [-0.1, -0.05) is 34.1 Å². The normalized spacial score (nSPS) is 11.1. The highest BCUT2D eigenvalue weighted by Gasteiger charge is 2.09. The van der Waals surface area contributed by atoms with E-state index in [1.807, 2.05) is 24.3 Å². The van der Waals surface area contributed by atoms with Gasteiger partial charge < -0.3 is 4.98 Å². The number of aromatic amines is 1. The number of fused-ring (bicyclic) bond motifs is 1. The third kappa shape index (κ3) is 1.99. The molecule has 2 nitrogen and oxygen atoms in total. The summed E-state index contributed by atoms with van der Waals surface area (Å²) < 4.78 is 2.14. The summed E-state index contributed by atoms with van der Waals surface area (Å²) in [4.78, 5) is 7.97. The van der Waals surface area contributed by atoms with Crippen molar-refractivity contribution in [3.63, 3.8) is 0 Å². The van der Waals surface area contributed by atoms with Gasteiger partial charge in [-0.3, -0.25) is 0 Å². The summed E-state index contributed by atoms with van der Waals surface area (Å²) in [6, 6.07) is 12.2. The fourth-order valence-corrected chi connectivity index (χ4v) is 2.75. The Morgan fingerprint density at radius 3 is 2.78 bits per heavy atom. The predicted octanol–water partition coefficient (Wildman–Crippen LogP) is 5.06. The summed E-state index contributed by atoms with van der Waals surface area (Å²) in [7, 11) is 0. The molecule has 0 saturated heterocycles. The largest absolute Gasteiger partial charge is 0.338 e. The van der Waals surface area contributed by atoms with Gasteiger partial charge in [0.15, 0.2) is 0 Å². The van der Waals surface area contributed by atoms with Crippen LogP contribution in [0.3, 0.4) is 0 Å². The molecule has 4 heteroatoms. The molecule has 0 spiro atoms. The van der Waals surface area contributed by atoms with Crippen molar-refractivity contribution in [3.8, 4) is 11.4 Å². The van der Waals surface area contributed by atoms with Crippen LogP contribution < -0.4 is 0 Å². The third-order valence-corrected chi connectivity index (χ3v) is 4.44. The van der Waals surface area contributed by atoms with Crippen LogP contribution in [0.25, 0.3) is 22.4 Å². The smallest absolute Gasteiger partial charge is 0.139 e. The molecule has 0 radical (unpaired) electrons. The van der Waals surface area contributed by atoms with E-state index in [4.69, 9.17) is 0 Å². The average Bonchev–Trinajstić information content (AvgIpc) is 2.75. The standard InChI is InChI=1S/C14H10Br2N2/c1-8-3-2-4-10(13(8)16)14-17-11-6-5-9(15)7-12(11)18-14/h2-7H,1H3,(H,17,18). The van der Waals surface area contributed by atoms with Gasteiger partial charge in [-0.2, -0.15) is 0 Å². The van der Waals surface area contributed by atoms with Gasteiger partial charge in [0, 0.05) is 14.5 Å². The Morgan fingerprint density at radius 1 is 1.11 bits per heavy atom. The maximum atomic E-state index is 4.62. The lowest BCUT2D eigenvalue weighted by molar-refractivity contribution is 1.31. The molecule has 90 valence electrons. The molecule has 0 bridgehead atoms. The van der Waals surface area contributed by atoms with Crippen LogP contribution in [-0.2, 0) is 0 Å². The number of benzene rings is 2. The Balaban J connectivity index is 2.22. The molecule has 1 N–H and O–H groups in total. The lowest BCUT2D eigenvalue weighted by Gasteiger charge is -2.03. The van der Waals surface area contributed by atoms with Crippen molar-refractivity contribution in [1.82, 2.24) is 9.97 Å². The Hall–Kier alpha value is -1.13. The summed E-state index contributed by atoms with van der Waals surface area (Å²) in [6.07, 6.45) is 0. The van der Waals surface area contributed by atoms with Crippen molar-refractivity contribution in [1.29, 1.82) is 0 Å². The molecule has 2 aromatic carbocycles. The van der Waals surface area contributed by atoms with E-state index < -0.39 is 0 Å². The number of rotatable bonds is 1. The Bertz CT molecular complexity index is 732. The molecular weight excluding hydrogens is 356 g/mol. The summed E-state index contributed by atoms with van der Waals surface area (Å²) in [5.41, 5.74) is 4.30. The lowest BCUT2D eigenvalue weighted by Crippen LogP contribution is -1.84. The first-order valence-electron chi connectivity index (χ1n) is 5.56. The topological polar surface area (TPSA) is 28.7 Å². The second-order valence-electron chi connectivity index (χ2n) is 4.18. The van der Waals surface area contributed by atoms with Gasteiger partial charge in [0.1, 0.15) is 5.82 Å². The number of imidazole rings is 1. The van der Waals surface area contributed by atoms with Crippen molar-refractivity contribution in [3.05, 3.63) is 50.9 Å². The van der Waals surface area contributed by atoms with Gasteiger partial charge in [-0.05, 0) is 46.6 Å². The van der Waals surface area contributed by atoms with E-state index in [0.29, 0.717) is 0 Å². The minimum absolute atomic E-state index is 0.888. The molecular formula is C14H10Br2N2. The van der Waals surface area contributed by atoms with Crippen molar-refractivity contribution in [2.24, 2.45) is 0 Å². The Morgan fingerprint density at radius 2 is 1.94 bits per heavy atom. The van der Waals surface area contributed by atoms with E-state index >= 15 is 0 Å². The second-order valence-corrected chi connectivity index (χ2v) is 5.89. The quantitative estimate of drug-likeness (QED) is 0.641. The number of hydrogen-bond donors (Lipinski definition) is 1. The van der Waals surface area contributed by atoms with Crippen LogP contribution in [0.1, 0.15) is 5.56 Å². The summed E-state index contributed by atoms with van der Waals surface area (Å²) in [6.45, 7) is 2.08. The van der Waals surface area contributed by atoms with Crippen LogP contribution in [0.4, 0.5) is 0 Å². The average molecular weight is 366 g/mol. The van der Waals surface area contributed by atoms with Gasteiger partial charge in [0.2, 0.25) is 0 Å². The van der Waals surface area contributed by atoms with Crippen LogP contribution in [-0.4, -0.2) is 9.97 Å². The highest BCUT2D eigenvalue weighted by Crippen LogP contribution is 2.30. The molecule has 18 heavy (non-hydrogen) atoms. The Kier molecular flexibility index (Phi) is 2.99. The summed E-state index contributed by atoms with van der Waals surface area (Å²) in [5.74, 6) is 0.888. The number of halogens is 2. The first-order valence-corrected chi connectivity index (χ1v) is 7.14. The second kappa shape index (κ2) is 4.52. The number of aryl methyl sites for hydroxylation is 1. The molecule has 1 aromatic heterocycles. The van der Waals surface area contributed by atoms with E-state index in [9.17, 15) is 0 Å². The molecule has 0 amide bonds. The van der Waals surface area contributed by atoms with Gasteiger partial charge in [-0.15, -0.1) is 0 Å². The number of H-pyrrole nitrogens is 1. The van der Waals surface area contributed by atoms with E-state index in [2.05, 4.69) is 60.9 Å². The molecule has 0 atom stereocenters. The minimum atomic E-state index is 0.888. The van der Waals surface area contributed by atoms with Gasteiger partial charge in [0.25, 0.3) is 0 Å². The minimum Gasteiger partial charge on any atom is -0.338 e. The zero-order valence-corrected chi connectivity index (χ0v) is 12.8. The van der Waals surface area contributed by atoms with Crippen LogP contribution in [0.2, 0.25) is 0 Å². The van der Waals surface area contributed by atoms with E-state index in [-0.39, 0.29) is 0 Å². The van der Waals surface area contributed by atoms with Crippen LogP contribution in [0.15, 0.2) is 45.3 Å². The number of nitrogens with one attached hydrogen (secondary N) is 1. The first-order chi connectivity index (χ1) is 8.65. The van der Waals surface area contributed by atoms with Crippen molar-refractivity contribution >= 4 is 42.9 Å². The molecule has 3 rings (SSSR count). The van der Waals surface area contributed by atoms with E-state index in [0.717, 1.165) is 31.4 Å². The fourth-order valence-electron chi connectivity index (χ4n) is 1.94. The van der Waals surface area contributed by atoms with Crippen LogP contribution >= 0.6 is 31.9 Å². The summed E-state index contributed by atoms with van der Waals surface area (Å²) >= 11 is 7.09. The number of hydrogen-bond acceptors (Lipinski definition) is 1. The zero-order valence-electron chi connectivity index (χ0n) is 9.67. The zero-order chi connectivity index (χ0) is 12.7. The molecule has 0 aliphatic heterocycles. The fraction of sp³-hybridized carbons (Fsp3) is 0.0714. The number of nitrogens with zero attached hydrogens (tertiary/aromatic N) is 1. The first kappa shape index (κ1) is 11.9. The molecule has 1 heterocycles. The highest BCUT2D eigenvalue weighted by atomic mass is 79.9. The molecule has 3 aromatic rings. The molecule has 0 aliphatic carbocycles. The highest BCUT2D eigenvalue weighted by molar-refractivity contribution is 9.10. The molecule has 0 saturated carbocycles. The monoisotopic (exact) mass is 364 g/mol. The molecule has 0 unspecified atom stereocenters. The van der Waals surface area contributed by atoms with Crippen molar-refractivity contribution in [2.45, 2.75) is 6.92 Å². The van der Waals surface area contributed by atoms with E-state index in [1.165, 1.54) is 5.56 Å². The SMILES string of the molecule is Cc1cccc(-c2nc3ccc(Br)cc3[nH]2)c1Br. The Labute approximate surface area is 122 Å². The summed E-state index contributed by atoms with van der Waals surface area (Å²) in [5, 5.41) is 0. The molecule has 0 fully saturated rings. The van der Waals surface area contributed by atoms with Crippen LogP contribution in [0, 0.1) is 6.92 Å². The van der Waals surface area contributed by atoms with Crippen molar-refractivity contribution < 1.29 is 0 Å². The maximum Gasteiger partial charge on any atom is 0.139 e.